The van der Waals surface area contributed by atoms with E-state index in [9.17, 15) is 0 Å². The summed E-state index contributed by atoms with van der Waals surface area (Å²) in [6.45, 7) is 6.52. The minimum absolute atomic E-state index is 0. The van der Waals surface area contributed by atoms with E-state index in [1.54, 1.807) is 0 Å². The van der Waals surface area contributed by atoms with Gasteiger partial charge in [-0.15, -0.1) is 0 Å². The molecule has 0 aliphatic heterocycles. The molecule has 1 rings (SSSR count). The largest absolute Gasteiger partial charge is 0.372 e. The Morgan fingerprint density at radius 3 is 1.92 bits per heavy atom. The Morgan fingerprint density at radius 2 is 1.50 bits per heavy atom. The fraction of sp³-hybridized carbons (Fsp3) is 0.400. The predicted octanol–water partition coefficient (Wildman–Crippen LogP) is 2.53. The van der Waals surface area contributed by atoms with Gasteiger partial charge in [0.15, 0.2) is 0 Å². The Morgan fingerprint density at radius 1 is 1.00 bits per heavy atom. The SMILES string of the molecule is CCN(CC)c1ccccc1.[Fe]. The van der Waals surface area contributed by atoms with Crippen LogP contribution < -0.4 is 4.90 Å². The first-order chi connectivity index (χ1) is 5.38. The van der Waals surface area contributed by atoms with E-state index in [0.29, 0.717) is 0 Å². The number of rotatable bonds is 3. The smallest absolute Gasteiger partial charge is 0.0365 e. The van der Waals surface area contributed by atoms with Crippen molar-refractivity contribution in [3.8, 4) is 0 Å². The Hall–Kier alpha value is -0.461. The number of anilines is 1. The van der Waals surface area contributed by atoms with Crippen LogP contribution in [0.5, 0.6) is 0 Å². The van der Waals surface area contributed by atoms with Crippen LogP contribution in [0.4, 0.5) is 5.69 Å². The van der Waals surface area contributed by atoms with Gasteiger partial charge in [-0.1, -0.05) is 18.2 Å². The molecule has 0 bridgehead atoms. The minimum Gasteiger partial charge on any atom is -0.372 e. The van der Waals surface area contributed by atoms with Crippen LogP contribution in [0, 0.1) is 0 Å². The van der Waals surface area contributed by atoms with Gasteiger partial charge in [-0.2, -0.15) is 0 Å². The summed E-state index contributed by atoms with van der Waals surface area (Å²) in [4.78, 5) is 2.33. The van der Waals surface area contributed by atoms with Crippen molar-refractivity contribution in [2.45, 2.75) is 13.8 Å². The molecule has 0 spiro atoms. The first-order valence-corrected chi connectivity index (χ1v) is 4.18. The summed E-state index contributed by atoms with van der Waals surface area (Å²) < 4.78 is 0. The Bertz CT molecular complexity index is 194. The van der Waals surface area contributed by atoms with Gasteiger partial charge >= 0.3 is 0 Å². The summed E-state index contributed by atoms with van der Waals surface area (Å²) in [5, 5.41) is 0. The van der Waals surface area contributed by atoms with E-state index in [0.717, 1.165) is 13.1 Å². The normalized spacial score (nSPS) is 8.83. The van der Waals surface area contributed by atoms with E-state index >= 15 is 0 Å². The molecule has 0 saturated carbocycles. The molecule has 12 heavy (non-hydrogen) atoms. The molecule has 68 valence electrons. The molecule has 0 saturated heterocycles. The zero-order valence-electron chi connectivity index (χ0n) is 7.60. The van der Waals surface area contributed by atoms with Gasteiger partial charge in [0, 0.05) is 35.8 Å². The summed E-state index contributed by atoms with van der Waals surface area (Å²) in [7, 11) is 0. The predicted molar refractivity (Wildman–Crippen MR) is 50.0 cm³/mol. The minimum atomic E-state index is 0. The third-order valence-corrected chi connectivity index (χ3v) is 1.88. The Labute approximate surface area is 85.2 Å². The fourth-order valence-corrected chi connectivity index (χ4v) is 1.23. The first-order valence-electron chi connectivity index (χ1n) is 4.18. The number of benzene rings is 1. The molecule has 0 unspecified atom stereocenters. The molecule has 0 atom stereocenters. The molecule has 2 heteroatoms. The topological polar surface area (TPSA) is 3.24 Å². The molecule has 0 aliphatic rings. The van der Waals surface area contributed by atoms with Crippen molar-refractivity contribution in [1.29, 1.82) is 0 Å². The van der Waals surface area contributed by atoms with Crippen LogP contribution in [-0.2, 0) is 17.1 Å². The van der Waals surface area contributed by atoms with Crippen molar-refractivity contribution >= 4 is 5.69 Å². The van der Waals surface area contributed by atoms with Crippen molar-refractivity contribution in [3.05, 3.63) is 30.3 Å². The van der Waals surface area contributed by atoms with E-state index in [-0.39, 0.29) is 17.1 Å². The van der Waals surface area contributed by atoms with Gasteiger partial charge in [0.2, 0.25) is 0 Å². The van der Waals surface area contributed by atoms with Crippen LogP contribution in [0.15, 0.2) is 30.3 Å². The molecule has 0 radical (unpaired) electrons. The van der Waals surface area contributed by atoms with Crippen LogP contribution in [-0.4, -0.2) is 13.1 Å². The van der Waals surface area contributed by atoms with Crippen molar-refractivity contribution < 1.29 is 17.1 Å². The van der Waals surface area contributed by atoms with Crippen molar-refractivity contribution in [3.63, 3.8) is 0 Å². The van der Waals surface area contributed by atoms with Crippen LogP contribution in [0.3, 0.4) is 0 Å². The number of para-hydroxylation sites is 1. The van der Waals surface area contributed by atoms with Crippen LogP contribution in [0.25, 0.3) is 0 Å². The molecule has 0 aliphatic carbocycles. The standard InChI is InChI=1S/C10H15N.Fe/c1-3-11(4-2)10-8-6-5-7-9-10;/h5-9H,3-4H2,1-2H3;. The summed E-state index contributed by atoms with van der Waals surface area (Å²) in [5.41, 5.74) is 1.32. The van der Waals surface area contributed by atoms with Crippen molar-refractivity contribution in [2.24, 2.45) is 0 Å². The van der Waals surface area contributed by atoms with Gasteiger partial charge in [0.05, 0.1) is 0 Å². The summed E-state index contributed by atoms with van der Waals surface area (Å²) in [5.74, 6) is 0. The number of hydrogen-bond donors (Lipinski definition) is 0. The van der Waals surface area contributed by atoms with E-state index in [4.69, 9.17) is 0 Å². The van der Waals surface area contributed by atoms with E-state index in [1.807, 2.05) is 6.07 Å². The maximum absolute atomic E-state index is 2.33. The molecule has 0 N–H and O–H groups in total. The third-order valence-electron chi connectivity index (χ3n) is 1.88. The van der Waals surface area contributed by atoms with Gasteiger partial charge in [0.25, 0.3) is 0 Å². The maximum atomic E-state index is 2.33. The first kappa shape index (κ1) is 11.5. The zero-order valence-corrected chi connectivity index (χ0v) is 8.71. The third kappa shape index (κ3) is 2.88. The molecule has 0 heterocycles. The van der Waals surface area contributed by atoms with Gasteiger partial charge in [-0.3, -0.25) is 0 Å². The van der Waals surface area contributed by atoms with E-state index in [2.05, 4.69) is 43.0 Å². The fourth-order valence-electron chi connectivity index (χ4n) is 1.23. The van der Waals surface area contributed by atoms with Gasteiger partial charge in [-0.05, 0) is 26.0 Å². The van der Waals surface area contributed by atoms with Crippen LogP contribution >= 0.6 is 0 Å². The van der Waals surface area contributed by atoms with Gasteiger partial charge < -0.3 is 4.90 Å². The molecule has 0 fully saturated rings. The van der Waals surface area contributed by atoms with Crippen LogP contribution in [0.2, 0.25) is 0 Å². The monoisotopic (exact) mass is 205 g/mol. The maximum Gasteiger partial charge on any atom is 0.0365 e. The molecule has 0 aromatic heterocycles. The van der Waals surface area contributed by atoms with Crippen molar-refractivity contribution in [1.82, 2.24) is 0 Å². The molecule has 1 nitrogen and oxygen atoms in total. The quantitative estimate of drug-likeness (QED) is 0.685. The second kappa shape index (κ2) is 6.10. The number of nitrogens with zero attached hydrogens (tertiary/aromatic N) is 1. The summed E-state index contributed by atoms with van der Waals surface area (Å²) in [6, 6.07) is 10.5. The zero-order chi connectivity index (χ0) is 8.10. The molecule has 1 aromatic carbocycles. The molecule has 1 aromatic rings. The van der Waals surface area contributed by atoms with E-state index < -0.39 is 0 Å². The second-order valence-corrected chi connectivity index (χ2v) is 2.51. The molecule has 0 amide bonds. The van der Waals surface area contributed by atoms with Crippen LogP contribution in [0.1, 0.15) is 13.8 Å². The molecular weight excluding hydrogens is 190 g/mol. The summed E-state index contributed by atoms with van der Waals surface area (Å²) >= 11 is 0. The molecular formula is C10H15FeN. The number of hydrogen-bond acceptors (Lipinski definition) is 1. The Kier molecular flexibility index (Phi) is 5.87. The van der Waals surface area contributed by atoms with E-state index in [1.165, 1.54) is 5.69 Å². The van der Waals surface area contributed by atoms with Gasteiger partial charge in [0.1, 0.15) is 0 Å². The van der Waals surface area contributed by atoms with Crippen molar-refractivity contribution in [2.75, 3.05) is 18.0 Å². The van der Waals surface area contributed by atoms with Gasteiger partial charge in [-0.25, -0.2) is 0 Å². The summed E-state index contributed by atoms with van der Waals surface area (Å²) in [6.07, 6.45) is 0. The Balaban J connectivity index is 0.00000121. The second-order valence-electron chi connectivity index (χ2n) is 2.51. The average molecular weight is 205 g/mol. The average Bonchev–Trinajstić information content (AvgIpc) is 2.09.